The van der Waals surface area contributed by atoms with Gasteiger partial charge in [-0.15, -0.1) is 0 Å². The van der Waals surface area contributed by atoms with Gasteiger partial charge in [-0.25, -0.2) is 0 Å². The molecular weight excluding hydrogens is 840 g/mol. The van der Waals surface area contributed by atoms with Crippen LogP contribution in [-0.2, 0) is 18.4 Å². The summed E-state index contributed by atoms with van der Waals surface area (Å²) in [6.45, 7) is 4.57. The number of phosphoric acid groups is 1. The standard InChI is InChI=1S/C57H101N2O6P/c1-6-8-10-12-14-16-18-19-20-21-22-23-24-25-26-27-28-29-30-31-32-33-34-35-36-37-38-39-41-43-45-47-49-51-57(61)58-55(54-65-66(62,63)64-53-52-59(3,4)5)56(60)50-48-46-44-42-40-17-15-13-11-9-7-2/h8,10,14,16,19-20,22-23,25-26,28-29,31-32,34-35,55-56,60H,6-7,9,11-13,15,17-18,21,24,27,30,33,36-54H2,1-5H3,(H-,58,61,62,63)/b10-8-,16-14-,20-19-,23-22-,26-25-,29-28-,32-31-,35-34-. The highest BCUT2D eigenvalue weighted by Crippen LogP contribution is 2.38. The van der Waals surface area contributed by atoms with Gasteiger partial charge in [-0.1, -0.05) is 220 Å². The molecule has 0 rings (SSSR count). The quantitative estimate of drug-likeness (QED) is 0.0272. The summed E-state index contributed by atoms with van der Waals surface area (Å²) in [5.41, 5.74) is 0. The fraction of sp³-hybridized carbons (Fsp3) is 0.702. The van der Waals surface area contributed by atoms with E-state index in [0.717, 1.165) is 96.3 Å². The Morgan fingerprint density at radius 3 is 1.35 bits per heavy atom. The van der Waals surface area contributed by atoms with Crippen LogP contribution in [-0.4, -0.2) is 68.5 Å². The van der Waals surface area contributed by atoms with Crippen LogP contribution in [0.4, 0.5) is 0 Å². The summed E-state index contributed by atoms with van der Waals surface area (Å²) in [6, 6.07) is -0.810. The molecule has 9 heteroatoms. The summed E-state index contributed by atoms with van der Waals surface area (Å²) in [6.07, 6.45) is 67.2. The molecule has 0 fully saturated rings. The van der Waals surface area contributed by atoms with Crippen LogP contribution in [0.3, 0.4) is 0 Å². The predicted molar refractivity (Wildman–Crippen MR) is 283 cm³/mol. The van der Waals surface area contributed by atoms with Crippen LogP contribution in [0.25, 0.3) is 0 Å². The van der Waals surface area contributed by atoms with Crippen LogP contribution in [0.2, 0.25) is 0 Å². The lowest BCUT2D eigenvalue weighted by atomic mass is 10.0. The molecule has 0 spiro atoms. The van der Waals surface area contributed by atoms with E-state index in [1.165, 1.54) is 83.5 Å². The number of quaternary nitrogens is 1. The van der Waals surface area contributed by atoms with Gasteiger partial charge in [0.25, 0.3) is 7.82 Å². The SMILES string of the molecule is CC/C=C\C/C=C\C/C=C\C/C=C\C/C=C\C/C=C\C/C=C\C/C=C\CCCCCCCCCCC(=O)NC(COP(=O)([O-])OCC[N+](C)(C)C)C(O)CCCCCCCCCCCCC. The molecule has 2 N–H and O–H groups in total. The zero-order chi connectivity index (χ0) is 48.5. The molecule has 0 aliphatic carbocycles. The fourth-order valence-electron chi connectivity index (χ4n) is 7.17. The topological polar surface area (TPSA) is 108 Å². The third-order valence-electron chi connectivity index (χ3n) is 11.3. The van der Waals surface area contributed by atoms with Crippen molar-refractivity contribution in [1.82, 2.24) is 5.32 Å². The second-order valence-electron chi connectivity index (χ2n) is 18.9. The van der Waals surface area contributed by atoms with Crippen LogP contribution in [0.15, 0.2) is 97.2 Å². The van der Waals surface area contributed by atoms with Crippen LogP contribution in [0.5, 0.6) is 0 Å². The van der Waals surface area contributed by atoms with E-state index >= 15 is 0 Å². The first-order chi connectivity index (χ1) is 32.0. The number of nitrogens with zero attached hydrogens (tertiary/aromatic N) is 1. The van der Waals surface area contributed by atoms with Gasteiger partial charge in [-0.3, -0.25) is 9.36 Å². The van der Waals surface area contributed by atoms with Gasteiger partial charge in [-0.2, -0.15) is 0 Å². The van der Waals surface area contributed by atoms with E-state index in [-0.39, 0.29) is 19.1 Å². The normalized spacial score (nSPS) is 14.8. The van der Waals surface area contributed by atoms with Crippen molar-refractivity contribution in [1.29, 1.82) is 0 Å². The summed E-state index contributed by atoms with van der Waals surface area (Å²) in [4.78, 5) is 25.4. The van der Waals surface area contributed by atoms with Crippen molar-refractivity contribution in [3.8, 4) is 0 Å². The minimum Gasteiger partial charge on any atom is -0.756 e. The zero-order valence-corrected chi connectivity index (χ0v) is 44.0. The summed E-state index contributed by atoms with van der Waals surface area (Å²) in [5.74, 6) is -0.179. The van der Waals surface area contributed by atoms with E-state index in [2.05, 4.69) is 116 Å². The molecule has 0 heterocycles. The maximum Gasteiger partial charge on any atom is 0.268 e. The van der Waals surface area contributed by atoms with Crippen LogP contribution >= 0.6 is 7.82 Å². The van der Waals surface area contributed by atoms with Crippen molar-refractivity contribution in [3.63, 3.8) is 0 Å². The molecule has 3 atom stereocenters. The third kappa shape index (κ3) is 49.3. The molecule has 0 aromatic heterocycles. The number of carbonyl (C=O) groups excluding carboxylic acids is 1. The highest BCUT2D eigenvalue weighted by Gasteiger charge is 2.24. The molecule has 0 saturated carbocycles. The molecule has 0 aliphatic rings. The molecule has 0 bridgehead atoms. The summed E-state index contributed by atoms with van der Waals surface area (Å²) in [7, 11) is 1.28. The number of nitrogens with one attached hydrogen (secondary N) is 1. The number of hydrogen-bond acceptors (Lipinski definition) is 6. The zero-order valence-electron chi connectivity index (χ0n) is 43.1. The molecule has 0 radical (unpaired) electrons. The van der Waals surface area contributed by atoms with Gasteiger partial charge in [0.15, 0.2) is 0 Å². The maximum absolute atomic E-state index is 12.9. The number of phosphoric ester groups is 1. The predicted octanol–water partition coefficient (Wildman–Crippen LogP) is 15.2. The molecule has 0 saturated heterocycles. The van der Waals surface area contributed by atoms with Gasteiger partial charge < -0.3 is 28.8 Å². The first-order valence-corrected chi connectivity index (χ1v) is 28.0. The number of amides is 1. The van der Waals surface area contributed by atoms with Crippen LogP contribution in [0.1, 0.15) is 206 Å². The van der Waals surface area contributed by atoms with Gasteiger partial charge in [0.2, 0.25) is 5.91 Å². The van der Waals surface area contributed by atoms with Gasteiger partial charge in [-0.05, 0) is 77.0 Å². The highest BCUT2D eigenvalue weighted by molar-refractivity contribution is 7.45. The van der Waals surface area contributed by atoms with Gasteiger partial charge in [0.05, 0.1) is 39.9 Å². The smallest absolute Gasteiger partial charge is 0.268 e. The third-order valence-corrected chi connectivity index (χ3v) is 12.3. The molecule has 0 aromatic carbocycles. The first kappa shape index (κ1) is 63.4. The number of rotatable bonds is 47. The molecule has 8 nitrogen and oxygen atoms in total. The molecule has 0 aliphatic heterocycles. The highest BCUT2D eigenvalue weighted by atomic mass is 31.2. The number of hydrogen-bond donors (Lipinski definition) is 2. The van der Waals surface area contributed by atoms with Crippen LogP contribution in [0, 0.1) is 0 Å². The summed E-state index contributed by atoms with van der Waals surface area (Å²) in [5, 5.41) is 13.9. The monoisotopic (exact) mass is 941 g/mol. The lowest BCUT2D eigenvalue weighted by Gasteiger charge is -2.30. The number of unbranched alkanes of at least 4 members (excludes halogenated alkanes) is 18. The number of likely N-dealkylation sites (N-methyl/N-ethyl adjacent to an activating group) is 1. The van der Waals surface area contributed by atoms with Crippen LogP contribution < -0.4 is 10.2 Å². The van der Waals surface area contributed by atoms with Gasteiger partial charge >= 0.3 is 0 Å². The molecule has 0 aromatic rings. The van der Waals surface area contributed by atoms with Crippen molar-refractivity contribution in [2.75, 3.05) is 40.9 Å². The largest absolute Gasteiger partial charge is 0.756 e. The van der Waals surface area contributed by atoms with E-state index < -0.39 is 20.0 Å². The average molecular weight is 941 g/mol. The van der Waals surface area contributed by atoms with Crippen molar-refractivity contribution >= 4 is 13.7 Å². The van der Waals surface area contributed by atoms with Gasteiger partial charge in [0, 0.05) is 6.42 Å². The molecule has 380 valence electrons. The minimum absolute atomic E-state index is 0.00564. The van der Waals surface area contributed by atoms with E-state index in [1.807, 2.05) is 21.1 Å². The van der Waals surface area contributed by atoms with Crippen molar-refractivity contribution in [2.45, 2.75) is 219 Å². The summed E-state index contributed by atoms with van der Waals surface area (Å²) < 4.78 is 23.3. The second kappa shape index (κ2) is 47.5. The Balaban J connectivity index is 4.14. The average Bonchev–Trinajstić information content (AvgIpc) is 3.28. The molecule has 66 heavy (non-hydrogen) atoms. The molecular formula is C57H101N2O6P. The molecule has 3 unspecified atom stereocenters. The lowest BCUT2D eigenvalue weighted by molar-refractivity contribution is -0.870. The van der Waals surface area contributed by atoms with E-state index in [0.29, 0.717) is 23.9 Å². The van der Waals surface area contributed by atoms with Crippen molar-refractivity contribution < 1.29 is 32.9 Å². The summed E-state index contributed by atoms with van der Waals surface area (Å²) >= 11 is 0. The maximum atomic E-state index is 12.9. The number of aliphatic hydroxyl groups is 1. The van der Waals surface area contributed by atoms with Crippen molar-refractivity contribution in [3.05, 3.63) is 97.2 Å². The lowest BCUT2D eigenvalue weighted by Crippen LogP contribution is -2.46. The number of aliphatic hydroxyl groups excluding tert-OH is 1. The first-order valence-electron chi connectivity index (χ1n) is 26.6. The van der Waals surface area contributed by atoms with Gasteiger partial charge in [0.1, 0.15) is 13.2 Å². The Hall–Kier alpha value is -2.58. The second-order valence-corrected chi connectivity index (χ2v) is 20.3. The minimum atomic E-state index is -4.57. The Morgan fingerprint density at radius 2 is 0.924 bits per heavy atom. The number of allylic oxidation sites excluding steroid dienone is 16. The molecule has 1 amide bonds. The van der Waals surface area contributed by atoms with E-state index in [4.69, 9.17) is 9.05 Å². The Labute approximate surface area is 407 Å². The van der Waals surface area contributed by atoms with E-state index in [1.54, 1.807) is 0 Å². The Morgan fingerprint density at radius 1 is 0.545 bits per heavy atom. The van der Waals surface area contributed by atoms with Crippen molar-refractivity contribution in [2.24, 2.45) is 0 Å². The Bertz CT molecular complexity index is 1390. The number of carbonyl (C=O) groups is 1. The van der Waals surface area contributed by atoms with E-state index in [9.17, 15) is 19.4 Å². The Kier molecular flexibility index (Phi) is 45.6. The fourth-order valence-corrected chi connectivity index (χ4v) is 7.90.